The second-order valence-corrected chi connectivity index (χ2v) is 9.07. The lowest BCUT2D eigenvalue weighted by atomic mass is 9.97. The molecule has 0 aliphatic carbocycles. The van der Waals surface area contributed by atoms with Crippen LogP contribution in [0.25, 0.3) is 0 Å². The van der Waals surface area contributed by atoms with Gasteiger partial charge in [-0.25, -0.2) is 13.1 Å². The van der Waals surface area contributed by atoms with E-state index in [9.17, 15) is 8.42 Å². The van der Waals surface area contributed by atoms with Gasteiger partial charge in [0, 0.05) is 15.5 Å². The predicted octanol–water partition coefficient (Wildman–Crippen LogP) is 4.84. The number of sulfonamides is 1. The molecule has 2 rings (SSSR count). The molecular formula is C14H15BrClNO2S2. The number of hydrogen-bond donors (Lipinski definition) is 1. The number of hydrogen-bond acceptors (Lipinski definition) is 3. The fraction of sp³-hybridized carbons (Fsp3) is 0.286. The zero-order valence-corrected chi connectivity index (χ0v) is 15.5. The van der Waals surface area contributed by atoms with Crippen molar-refractivity contribution >= 4 is 48.9 Å². The molecule has 1 atom stereocenters. The highest BCUT2D eigenvalue weighted by Crippen LogP contribution is 2.31. The maximum atomic E-state index is 12.5. The van der Waals surface area contributed by atoms with E-state index in [4.69, 9.17) is 11.6 Å². The van der Waals surface area contributed by atoms with Crippen LogP contribution in [0.5, 0.6) is 0 Å². The zero-order chi connectivity index (χ0) is 15.6. The summed E-state index contributed by atoms with van der Waals surface area (Å²) >= 11 is 10.3. The van der Waals surface area contributed by atoms with Crippen LogP contribution in [0.4, 0.5) is 0 Å². The summed E-state index contributed by atoms with van der Waals surface area (Å²) in [4.78, 5) is 0. The van der Waals surface area contributed by atoms with Crippen molar-refractivity contribution < 1.29 is 8.42 Å². The zero-order valence-electron chi connectivity index (χ0n) is 11.5. The first-order valence-corrected chi connectivity index (χ1v) is 9.85. The lowest BCUT2D eigenvalue weighted by Gasteiger charge is -2.22. The van der Waals surface area contributed by atoms with Crippen LogP contribution in [0.2, 0.25) is 5.02 Å². The number of thiophene rings is 1. The van der Waals surface area contributed by atoms with E-state index in [1.807, 2.05) is 26.0 Å². The molecule has 114 valence electrons. The van der Waals surface area contributed by atoms with Crippen molar-refractivity contribution in [1.82, 2.24) is 4.72 Å². The minimum atomic E-state index is -3.56. The third-order valence-corrected chi connectivity index (χ3v) is 7.37. The Balaban J connectivity index is 2.33. The normalized spacial score (nSPS) is 13.6. The van der Waals surface area contributed by atoms with Crippen molar-refractivity contribution in [2.75, 3.05) is 0 Å². The molecule has 0 bridgehead atoms. The van der Waals surface area contributed by atoms with Gasteiger partial charge in [0.25, 0.3) is 10.0 Å². The lowest BCUT2D eigenvalue weighted by molar-refractivity contribution is 0.463. The summed E-state index contributed by atoms with van der Waals surface area (Å²) in [6, 6.07) is 8.65. The molecule has 0 aliphatic heterocycles. The summed E-state index contributed by atoms with van der Waals surface area (Å²) in [5, 5.41) is 2.37. The van der Waals surface area contributed by atoms with Gasteiger partial charge in [-0.1, -0.05) is 37.6 Å². The van der Waals surface area contributed by atoms with Crippen molar-refractivity contribution in [2.24, 2.45) is 5.92 Å². The van der Waals surface area contributed by atoms with E-state index in [0.29, 0.717) is 13.7 Å². The van der Waals surface area contributed by atoms with Gasteiger partial charge >= 0.3 is 0 Å². The third kappa shape index (κ3) is 4.07. The third-order valence-electron chi connectivity index (χ3n) is 3.01. The van der Waals surface area contributed by atoms with Gasteiger partial charge in [0.2, 0.25) is 0 Å². The molecule has 0 aliphatic rings. The Morgan fingerprint density at radius 2 is 1.81 bits per heavy atom. The predicted molar refractivity (Wildman–Crippen MR) is 91.4 cm³/mol. The van der Waals surface area contributed by atoms with E-state index in [2.05, 4.69) is 20.7 Å². The molecule has 0 fully saturated rings. The summed E-state index contributed by atoms with van der Waals surface area (Å²) in [6.45, 7) is 3.95. The maximum absolute atomic E-state index is 12.5. The first-order valence-electron chi connectivity index (χ1n) is 6.32. The number of rotatable bonds is 5. The van der Waals surface area contributed by atoms with Crippen LogP contribution < -0.4 is 4.72 Å². The van der Waals surface area contributed by atoms with Gasteiger partial charge in [-0.2, -0.15) is 0 Å². The van der Waals surface area contributed by atoms with Crippen LogP contribution in [-0.2, 0) is 10.0 Å². The standard InChI is InChI=1S/C14H15BrClNO2S2/c1-9(2)13(10-3-5-11(16)6-4-10)17-21(18,19)14-12(15)7-8-20-14/h3-9,13,17H,1-2H3. The molecule has 0 saturated heterocycles. The van der Waals surface area contributed by atoms with Crippen LogP contribution >= 0.6 is 38.9 Å². The molecule has 3 nitrogen and oxygen atoms in total. The van der Waals surface area contributed by atoms with Crippen LogP contribution in [0, 0.1) is 5.92 Å². The van der Waals surface area contributed by atoms with Crippen molar-refractivity contribution in [2.45, 2.75) is 24.1 Å². The van der Waals surface area contributed by atoms with Gasteiger partial charge in [-0.15, -0.1) is 11.3 Å². The van der Waals surface area contributed by atoms with Crippen molar-refractivity contribution in [1.29, 1.82) is 0 Å². The summed E-state index contributed by atoms with van der Waals surface area (Å²) in [7, 11) is -3.56. The fourth-order valence-electron chi connectivity index (χ4n) is 1.95. The van der Waals surface area contributed by atoms with Crippen LogP contribution in [0.3, 0.4) is 0 Å². The molecule has 1 N–H and O–H groups in total. The SMILES string of the molecule is CC(C)C(NS(=O)(=O)c1sccc1Br)c1ccc(Cl)cc1. The van der Waals surface area contributed by atoms with Gasteiger partial charge in [0.15, 0.2) is 0 Å². The second-order valence-electron chi connectivity index (χ2n) is 4.95. The quantitative estimate of drug-likeness (QED) is 0.769. The molecule has 0 spiro atoms. The fourth-order valence-corrected chi connectivity index (χ4v) is 5.80. The molecule has 0 amide bonds. The van der Waals surface area contributed by atoms with Gasteiger partial charge in [-0.3, -0.25) is 0 Å². The Kier molecular flexibility index (Phi) is 5.48. The van der Waals surface area contributed by atoms with Crippen LogP contribution in [0.1, 0.15) is 25.5 Å². The molecule has 0 saturated carbocycles. The van der Waals surface area contributed by atoms with E-state index in [-0.39, 0.29) is 12.0 Å². The van der Waals surface area contributed by atoms with E-state index in [1.165, 1.54) is 11.3 Å². The summed E-state index contributed by atoms with van der Waals surface area (Å²) < 4.78 is 28.7. The molecular weight excluding hydrogens is 394 g/mol. The topological polar surface area (TPSA) is 46.2 Å². The smallest absolute Gasteiger partial charge is 0.206 e. The molecule has 1 aromatic heterocycles. The van der Waals surface area contributed by atoms with Crippen molar-refractivity contribution in [3.8, 4) is 0 Å². The van der Waals surface area contributed by atoms with Crippen LogP contribution in [-0.4, -0.2) is 8.42 Å². The highest BCUT2D eigenvalue weighted by Gasteiger charge is 2.26. The Labute approximate surface area is 142 Å². The summed E-state index contributed by atoms with van der Waals surface area (Å²) in [5.74, 6) is 0.111. The Morgan fingerprint density at radius 3 is 2.29 bits per heavy atom. The van der Waals surface area contributed by atoms with E-state index in [0.717, 1.165) is 5.56 Å². The Bertz CT molecular complexity index is 711. The molecule has 1 aromatic carbocycles. The number of benzene rings is 1. The van der Waals surface area contributed by atoms with Crippen LogP contribution in [0.15, 0.2) is 44.4 Å². The van der Waals surface area contributed by atoms with Gasteiger partial charge in [0.05, 0.1) is 0 Å². The Hall–Kier alpha value is -0.400. The molecule has 21 heavy (non-hydrogen) atoms. The first-order chi connectivity index (χ1) is 9.81. The number of halogens is 2. The highest BCUT2D eigenvalue weighted by atomic mass is 79.9. The molecule has 1 heterocycles. The monoisotopic (exact) mass is 407 g/mol. The highest BCUT2D eigenvalue weighted by molar-refractivity contribution is 9.10. The summed E-state index contributed by atoms with van der Waals surface area (Å²) in [6.07, 6.45) is 0. The average molecular weight is 409 g/mol. The van der Waals surface area contributed by atoms with E-state index >= 15 is 0 Å². The molecule has 7 heteroatoms. The minimum absolute atomic E-state index is 0.111. The van der Waals surface area contributed by atoms with Crippen molar-refractivity contribution in [3.63, 3.8) is 0 Å². The van der Waals surface area contributed by atoms with E-state index < -0.39 is 10.0 Å². The largest absolute Gasteiger partial charge is 0.251 e. The second kappa shape index (κ2) is 6.79. The first kappa shape index (κ1) is 17.0. The minimum Gasteiger partial charge on any atom is -0.206 e. The maximum Gasteiger partial charge on any atom is 0.251 e. The Morgan fingerprint density at radius 1 is 1.19 bits per heavy atom. The van der Waals surface area contributed by atoms with Crippen molar-refractivity contribution in [3.05, 3.63) is 50.8 Å². The van der Waals surface area contributed by atoms with Gasteiger partial charge < -0.3 is 0 Å². The average Bonchev–Trinajstić information content (AvgIpc) is 2.84. The summed E-state index contributed by atoms with van der Waals surface area (Å²) in [5.41, 5.74) is 0.894. The van der Waals surface area contributed by atoms with Gasteiger partial charge in [0.1, 0.15) is 4.21 Å². The number of nitrogens with one attached hydrogen (secondary N) is 1. The van der Waals surface area contributed by atoms with E-state index in [1.54, 1.807) is 23.6 Å². The lowest BCUT2D eigenvalue weighted by Crippen LogP contribution is -2.31. The van der Waals surface area contributed by atoms with Gasteiger partial charge in [-0.05, 0) is 51.0 Å². The molecule has 1 unspecified atom stereocenters. The molecule has 2 aromatic rings. The molecule has 0 radical (unpaired) electrons.